The van der Waals surface area contributed by atoms with Crippen molar-refractivity contribution in [1.29, 1.82) is 0 Å². The molecule has 0 radical (unpaired) electrons. The van der Waals surface area contributed by atoms with E-state index in [-0.39, 0.29) is 5.91 Å². The first-order valence-corrected chi connectivity index (χ1v) is 6.79. The van der Waals surface area contributed by atoms with Crippen molar-refractivity contribution in [3.63, 3.8) is 0 Å². The van der Waals surface area contributed by atoms with E-state index in [1.54, 1.807) is 0 Å². The van der Waals surface area contributed by atoms with Crippen molar-refractivity contribution >= 4 is 5.91 Å². The van der Waals surface area contributed by atoms with Gasteiger partial charge in [0.2, 0.25) is 5.91 Å². The van der Waals surface area contributed by atoms with Crippen LogP contribution in [0.5, 0.6) is 0 Å². The first-order chi connectivity index (χ1) is 8.74. The summed E-state index contributed by atoms with van der Waals surface area (Å²) >= 11 is 0. The topological polar surface area (TPSA) is 41.1 Å². The van der Waals surface area contributed by atoms with Crippen LogP contribution in [0.25, 0.3) is 0 Å². The van der Waals surface area contributed by atoms with Crippen molar-refractivity contribution in [3.05, 3.63) is 35.4 Å². The molecule has 0 aliphatic carbocycles. The summed E-state index contributed by atoms with van der Waals surface area (Å²) in [7, 11) is 0. The molecule has 3 nitrogen and oxygen atoms in total. The second-order valence-corrected chi connectivity index (χ2v) is 5.09. The highest BCUT2D eigenvalue weighted by Crippen LogP contribution is 2.10. The van der Waals surface area contributed by atoms with Crippen molar-refractivity contribution in [2.75, 3.05) is 6.54 Å². The van der Waals surface area contributed by atoms with Gasteiger partial charge in [0.25, 0.3) is 0 Å². The van der Waals surface area contributed by atoms with Crippen LogP contribution in [0.4, 0.5) is 0 Å². The SMILES string of the molecule is Cc1ccc(CNC(=O)CCC2CCCN2)cc1. The van der Waals surface area contributed by atoms with E-state index >= 15 is 0 Å². The molecule has 0 aromatic heterocycles. The average molecular weight is 246 g/mol. The third kappa shape index (κ3) is 4.15. The maximum absolute atomic E-state index is 11.7. The smallest absolute Gasteiger partial charge is 0.220 e. The van der Waals surface area contributed by atoms with Gasteiger partial charge in [0.1, 0.15) is 0 Å². The molecule has 0 bridgehead atoms. The van der Waals surface area contributed by atoms with Gasteiger partial charge in [-0.15, -0.1) is 0 Å². The molecule has 0 saturated carbocycles. The van der Waals surface area contributed by atoms with E-state index < -0.39 is 0 Å². The Morgan fingerprint density at radius 3 is 2.83 bits per heavy atom. The molecule has 2 rings (SSSR count). The molecule has 3 heteroatoms. The standard InChI is InChI=1S/C15H22N2O/c1-12-4-6-13(7-5-12)11-17-15(18)9-8-14-3-2-10-16-14/h4-7,14,16H,2-3,8-11H2,1H3,(H,17,18). The molecule has 1 saturated heterocycles. The van der Waals surface area contributed by atoms with Crippen molar-refractivity contribution < 1.29 is 4.79 Å². The fourth-order valence-corrected chi connectivity index (χ4v) is 2.30. The Bertz CT molecular complexity index is 380. The molecule has 1 amide bonds. The van der Waals surface area contributed by atoms with Gasteiger partial charge in [-0.3, -0.25) is 4.79 Å². The van der Waals surface area contributed by atoms with Crippen molar-refractivity contribution in [2.24, 2.45) is 0 Å². The van der Waals surface area contributed by atoms with Crippen molar-refractivity contribution in [2.45, 2.75) is 45.2 Å². The number of rotatable bonds is 5. The van der Waals surface area contributed by atoms with Gasteiger partial charge in [0.15, 0.2) is 0 Å². The number of nitrogens with one attached hydrogen (secondary N) is 2. The second-order valence-electron chi connectivity index (χ2n) is 5.09. The number of carbonyl (C=O) groups is 1. The van der Waals surface area contributed by atoms with Gasteiger partial charge in [0, 0.05) is 19.0 Å². The molecule has 1 aliphatic rings. The number of hydrogen-bond donors (Lipinski definition) is 2. The third-order valence-electron chi connectivity index (χ3n) is 3.49. The van der Waals surface area contributed by atoms with Crippen LogP contribution in [-0.2, 0) is 11.3 Å². The summed E-state index contributed by atoms with van der Waals surface area (Å²) in [4.78, 5) is 11.7. The van der Waals surface area contributed by atoms with E-state index in [0.717, 1.165) is 18.5 Å². The molecule has 1 aliphatic heterocycles. The lowest BCUT2D eigenvalue weighted by atomic mass is 10.1. The van der Waals surface area contributed by atoms with Crippen molar-refractivity contribution in [1.82, 2.24) is 10.6 Å². The number of carbonyl (C=O) groups excluding carboxylic acids is 1. The van der Waals surface area contributed by atoms with Crippen LogP contribution in [0.3, 0.4) is 0 Å². The first-order valence-electron chi connectivity index (χ1n) is 6.79. The van der Waals surface area contributed by atoms with Gasteiger partial charge in [-0.2, -0.15) is 0 Å². The van der Waals surface area contributed by atoms with Gasteiger partial charge >= 0.3 is 0 Å². The number of aryl methyl sites for hydroxylation is 1. The highest BCUT2D eigenvalue weighted by Gasteiger charge is 2.14. The summed E-state index contributed by atoms with van der Waals surface area (Å²) in [5, 5.41) is 6.39. The van der Waals surface area contributed by atoms with Crippen LogP contribution in [-0.4, -0.2) is 18.5 Å². The van der Waals surface area contributed by atoms with Gasteiger partial charge < -0.3 is 10.6 Å². The largest absolute Gasteiger partial charge is 0.352 e. The van der Waals surface area contributed by atoms with E-state index in [1.165, 1.54) is 18.4 Å². The van der Waals surface area contributed by atoms with Crippen LogP contribution >= 0.6 is 0 Å². The second kappa shape index (κ2) is 6.55. The quantitative estimate of drug-likeness (QED) is 0.835. The number of hydrogen-bond acceptors (Lipinski definition) is 2. The third-order valence-corrected chi connectivity index (χ3v) is 3.49. The molecule has 1 aromatic rings. The zero-order chi connectivity index (χ0) is 12.8. The van der Waals surface area contributed by atoms with Gasteiger partial charge in [-0.25, -0.2) is 0 Å². The normalized spacial score (nSPS) is 18.8. The summed E-state index contributed by atoms with van der Waals surface area (Å²) < 4.78 is 0. The molecular formula is C15H22N2O. The van der Waals surface area contributed by atoms with Crippen molar-refractivity contribution in [3.8, 4) is 0 Å². The molecule has 1 atom stereocenters. The van der Waals surface area contributed by atoms with Crippen LogP contribution in [0.1, 0.15) is 36.8 Å². The Labute approximate surface area is 109 Å². The van der Waals surface area contributed by atoms with Crippen LogP contribution in [0.15, 0.2) is 24.3 Å². The monoisotopic (exact) mass is 246 g/mol. The zero-order valence-electron chi connectivity index (χ0n) is 11.0. The molecule has 1 heterocycles. The summed E-state index contributed by atoms with van der Waals surface area (Å²) in [6, 6.07) is 8.83. The Morgan fingerprint density at radius 2 is 2.17 bits per heavy atom. The molecule has 0 spiro atoms. The van der Waals surface area contributed by atoms with E-state index in [1.807, 2.05) is 0 Å². The molecule has 1 unspecified atom stereocenters. The van der Waals surface area contributed by atoms with E-state index in [9.17, 15) is 4.79 Å². The molecule has 98 valence electrons. The Hall–Kier alpha value is -1.35. The summed E-state index contributed by atoms with van der Waals surface area (Å²) in [5.41, 5.74) is 2.41. The predicted molar refractivity (Wildman–Crippen MR) is 73.3 cm³/mol. The lowest BCUT2D eigenvalue weighted by Gasteiger charge is -2.10. The minimum absolute atomic E-state index is 0.157. The maximum atomic E-state index is 11.7. The molecule has 1 fully saturated rings. The Balaban J connectivity index is 1.66. The van der Waals surface area contributed by atoms with E-state index in [0.29, 0.717) is 19.0 Å². The minimum Gasteiger partial charge on any atom is -0.352 e. The summed E-state index contributed by atoms with van der Waals surface area (Å²) in [5.74, 6) is 0.157. The lowest BCUT2D eigenvalue weighted by molar-refractivity contribution is -0.121. The number of benzene rings is 1. The van der Waals surface area contributed by atoms with E-state index in [4.69, 9.17) is 0 Å². The minimum atomic E-state index is 0.157. The first kappa shape index (κ1) is 13.1. The Morgan fingerprint density at radius 1 is 1.39 bits per heavy atom. The fraction of sp³-hybridized carbons (Fsp3) is 0.533. The highest BCUT2D eigenvalue weighted by molar-refractivity contribution is 5.75. The Kier molecular flexibility index (Phi) is 4.76. The van der Waals surface area contributed by atoms with Crippen LogP contribution in [0, 0.1) is 6.92 Å². The molecule has 1 aromatic carbocycles. The number of amides is 1. The van der Waals surface area contributed by atoms with Gasteiger partial charge in [-0.05, 0) is 38.3 Å². The predicted octanol–water partition coefficient (Wildman–Crippen LogP) is 2.14. The zero-order valence-corrected chi connectivity index (χ0v) is 11.0. The van der Waals surface area contributed by atoms with Crippen LogP contribution < -0.4 is 10.6 Å². The fourth-order valence-electron chi connectivity index (χ4n) is 2.30. The van der Waals surface area contributed by atoms with Crippen LogP contribution in [0.2, 0.25) is 0 Å². The summed E-state index contributed by atoms with van der Waals surface area (Å²) in [6.07, 6.45) is 4.05. The molecule has 18 heavy (non-hydrogen) atoms. The average Bonchev–Trinajstić information content (AvgIpc) is 2.89. The highest BCUT2D eigenvalue weighted by atomic mass is 16.1. The summed E-state index contributed by atoms with van der Waals surface area (Å²) in [6.45, 7) is 3.81. The van der Waals surface area contributed by atoms with Gasteiger partial charge in [0.05, 0.1) is 0 Å². The van der Waals surface area contributed by atoms with E-state index in [2.05, 4.69) is 41.8 Å². The molecule has 2 N–H and O–H groups in total. The van der Waals surface area contributed by atoms with Gasteiger partial charge in [-0.1, -0.05) is 29.8 Å². The molecular weight excluding hydrogens is 224 g/mol. The maximum Gasteiger partial charge on any atom is 0.220 e. The lowest BCUT2D eigenvalue weighted by Crippen LogP contribution is -2.27.